The molecule has 0 unspecified atom stereocenters. The van der Waals surface area contributed by atoms with Gasteiger partial charge >= 0.3 is 8.56 Å². The quantitative estimate of drug-likeness (QED) is 0.256. The Balaban J connectivity index is 5.50. The fraction of sp³-hybridized carbons (Fsp3) is 1.00. The normalized spacial score (nSPS) is 13.6. The molecule has 0 rings (SSSR count). The van der Waals surface area contributed by atoms with Crippen LogP contribution in [0.15, 0.2) is 0 Å². The largest absolute Gasteiger partial charge is 0.395 e. The summed E-state index contributed by atoms with van der Waals surface area (Å²) in [6, 6.07) is 9.55. The van der Waals surface area contributed by atoms with Crippen molar-refractivity contribution in [3.05, 3.63) is 0 Å². The smallest absolute Gasteiger partial charge is 0.334 e. The minimum Gasteiger partial charge on any atom is -0.395 e. The first-order chi connectivity index (χ1) is 12.3. The number of hydrogen-bond donors (Lipinski definition) is 0. The Morgan fingerprint density at radius 2 is 0.962 bits per heavy atom. The lowest BCUT2D eigenvalue weighted by molar-refractivity contribution is 0.188. The van der Waals surface area contributed by atoms with Crippen LogP contribution in [-0.4, -0.2) is 49.0 Å². The Morgan fingerprint density at radius 1 is 0.615 bits per heavy atom. The highest BCUT2D eigenvalue weighted by molar-refractivity contribution is 6.92. The molecular weight excluding hydrogens is 370 g/mol. The van der Waals surface area contributed by atoms with E-state index in [2.05, 4.69) is 66.2 Å². The Labute approximate surface area is 168 Å². The van der Waals surface area contributed by atoms with Gasteiger partial charge in [-0.3, -0.25) is 0 Å². The molecular formula is C20H49NO2Si3. The molecule has 0 aliphatic carbocycles. The Kier molecular flexibility index (Phi) is 13.1. The van der Waals surface area contributed by atoms with Gasteiger partial charge in [0, 0.05) is 13.2 Å². The lowest BCUT2D eigenvalue weighted by Gasteiger charge is -2.52. The van der Waals surface area contributed by atoms with Crippen molar-refractivity contribution >= 4 is 25.0 Å². The standard InChI is InChI=1S/C20H49NO2Si3/c1-10-22-24(9,23-11-2)20-18-19-21(25(12-3,13-4)14-5)26(15-6,16-7)17-8/h10-20H2,1-9H3. The first kappa shape index (κ1) is 26.5. The maximum Gasteiger partial charge on any atom is 0.334 e. The van der Waals surface area contributed by atoms with Gasteiger partial charge in [-0.15, -0.1) is 0 Å². The van der Waals surface area contributed by atoms with E-state index in [1.165, 1.54) is 49.2 Å². The van der Waals surface area contributed by atoms with Gasteiger partial charge in [-0.05, 0) is 75.7 Å². The van der Waals surface area contributed by atoms with Crippen LogP contribution in [0.5, 0.6) is 0 Å². The molecule has 0 radical (unpaired) electrons. The third kappa shape index (κ3) is 6.55. The number of nitrogens with zero attached hydrogens (tertiary/aromatic N) is 1. The zero-order valence-electron chi connectivity index (χ0n) is 19.5. The van der Waals surface area contributed by atoms with E-state index in [4.69, 9.17) is 8.85 Å². The van der Waals surface area contributed by atoms with Crippen LogP contribution in [0.2, 0.25) is 48.9 Å². The van der Waals surface area contributed by atoms with E-state index in [1.807, 2.05) is 0 Å². The number of hydrogen-bond acceptors (Lipinski definition) is 3. The fourth-order valence-electron chi connectivity index (χ4n) is 4.98. The number of rotatable bonds is 16. The van der Waals surface area contributed by atoms with Gasteiger partial charge in [0.2, 0.25) is 0 Å². The van der Waals surface area contributed by atoms with Crippen molar-refractivity contribution in [1.29, 1.82) is 0 Å². The summed E-state index contributed by atoms with van der Waals surface area (Å²) in [4.78, 5) is 0. The second-order valence-electron chi connectivity index (χ2n) is 7.83. The summed E-state index contributed by atoms with van der Waals surface area (Å²) in [6.07, 6.45) is 1.24. The zero-order chi connectivity index (χ0) is 20.3. The van der Waals surface area contributed by atoms with Crippen LogP contribution in [0, 0.1) is 0 Å². The van der Waals surface area contributed by atoms with E-state index in [-0.39, 0.29) is 0 Å². The SMILES string of the molecule is CCO[Si](C)(CCCN([Si](CC)(CC)CC)[Si](CC)(CC)CC)OCC. The van der Waals surface area contributed by atoms with Crippen molar-refractivity contribution < 1.29 is 8.85 Å². The van der Waals surface area contributed by atoms with E-state index in [9.17, 15) is 0 Å². The van der Waals surface area contributed by atoms with Crippen molar-refractivity contribution in [3.8, 4) is 0 Å². The van der Waals surface area contributed by atoms with Crippen LogP contribution in [0.25, 0.3) is 0 Å². The molecule has 0 atom stereocenters. The minimum absolute atomic E-state index is 0.779. The first-order valence-corrected chi connectivity index (χ1v) is 19.0. The van der Waals surface area contributed by atoms with Crippen LogP contribution < -0.4 is 0 Å². The average molecular weight is 420 g/mol. The van der Waals surface area contributed by atoms with Gasteiger partial charge in [-0.1, -0.05) is 41.5 Å². The third-order valence-electron chi connectivity index (χ3n) is 7.01. The molecule has 6 heteroatoms. The molecule has 0 aliphatic rings. The van der Waals surface area contributed by atoms with E-state index in [1.54, 1.807) is 0 Å². The van der Waals surface area contributed by atoms with E-state index in [0.717, 1.165) is 19.3 Å². The summed E-state index contributed by atoms with van der Waals surface area (Å²) in [6.45, 7) is 24.1. The van der Waals surface area contributed by atoms with Crippen molar-refractivity contribution in [2.24, 2.45) is 0 Å². The van der Waals surface area contributed by atoms with E-state index < -0.39 is 25.0 Å². The van der Waals surface area contributed by atoms with E-state index >= 15 is 0 Å². The van der Waals surface area contributed by atoms with Crippen LogP contribution in [0.1, 0.15) is 61.8 Å². The highest BCUT2D eigenvalue weighted by Crippen LogP contribution is 2.36. The maximum atomic E-state index is 6.10. The second-order valence-corrected chi connectivity index (χ2v) is 21.8. The maximum absolute atomic E-state index is 6.10. The molecule has 0 saturated heterocycles. The topological polar surface area (TPSA) is 21.7 Å². The van der Waals surface area contributed by atoms with Gasteiger partial charge in [-0.2, -0.15) is 0 Å². The van der Waals surface area contributed by atoms with Crippen LogP contribution in [0.4, 0.5) is 0 Å². The zero-order valence-corrected chi connectivity index (χ0v) is 22.5. The molecule has 0 bridgehead atoms. The molecule has 0 saturated carbocycles. The Morgan fingerprint density at radius 3 is 1.23 bits per heavy atom. The van der Waals surface area contributed by atoms with Crippen LogP contribution >= 0.6 is 0 Å². The first-order valence-electron chi connectivity index (χ1n) is 11.4. The Hall–Kier alpha value is 0.531. The molecule has 0 N–H and O–H groups in total. The molecule has 0 aromatic rings. The molecule has 0 fully saturated rings. The van der Waals surface area contributed by atoms with Gasteiger partial charge in [0.15, 0.2) is 0 Å². The predicted octanol–water partition coefficient (Wildman–Crippen LogP) is 6.83. The van der Waals surface area contributed by atoms with Gasteiger partial charge in [-0.25, -0.2) is 0 Å². The summed E-state index contributed by atoms with van der Waals surface area (Å²) >= 11 is 0. The summed E-state index contributed by atoms with van der Waals surface area (Å²) in [7, 11) is -4.69. The molecule has 3 nitrogen and oxygen atoms in total. The molecule has 0 amide bonds. The fourth-order valence-corrected chi connectivity index (χ4v) is 20.8. The minimum atomic E-state index is -1.99. The molecule has 0 aromatic heterocycles. The van der Waals surface area contributed by atoms with Crippen molar-refractivity contribution in [1.82, 2.24) is 4.23 Å². The third-order valence-corrected chi connectivity index (χ3v) is 23.5. The average Bonchev–Trinajstić information content (AvgIpc) is 2.65. The molecule has 0 heterocycles. The van der Waals surface area contributed by atoms with Crippen LogP contribution in [-0.2, 0) is 8.85 Å². The lowest BCUT2D eigenvalue weighted by atomic mass is 10.5. The van der Waals surface area contributed by atoms with Gasteiger partial charge in [0.25, 0.3) is 0 Å². The summed E-state index contributed by atoms with van der Waals surface area (Å²) in [5.41, 5.74) is 0. The lowest BCUT2D eigenvalue weighted by Crippen LogP contribution is -2.66. The molecule has 158 valence electrons. The Bertz CT molecular complexity index is 318. The highest BCUT2D eigenvalue weighted by Gasteiger charge is 2.46. The predicted molar refractivity (Wildman–Crippen MR) is 125 cm³/mol. The van der Waals surface area contributed by atoms with Gasteiger partial charge in [0.05, 0.1) is 0 Å². The summed E-state index contributed by atoms with van der Waals surface area (Å²) < 4.78 is 15.4. The second kappa shape index (κ2) is 12.9. The van der Waals surface area contributed by atoms with Gasteiger partial charge < -0.3 is 13.1 Å². The van der Waals surface area contributed by atoms with Crippen molar-refractivity contribution in [3.63, 3.8) is 0 Å². The van der Waals surface area contributed by atoms with Crippen LogP contribution in [0.3, 0.4) is 0 Å². The van der Waals surface area contributed by atoms with Crippen molar-refractivity contribution in [2.75, 3.05) is 19.8 Å². The monoisotopic (exact) mass is 419 g/mol. The van der Waals surface area contributed by atoms with Gasteiger partial charge in [0.1, 0.15) is 16.5 Å². The van der Waals surface area contributed by atoms with E-state index in [0.29, 0.717) is 0 Å². The summed E-state index contributed by atoms with van der Waals surface area (Å²) in [5.74, 6) is 0. The molecule has 0 spiro atoms. The molecule has 0 aromatic carbocycles. The summed E-state index contributed by atoms with van der Waals surface area (Å²) in [5, 5.41) is 0. The highest BCUT2D eigenvalue weighted by atomic mass is 28.4. The molecule has 26 heavy (non-hydrogen) atoms. The molecule has 0 aliphatic heterocycles. The van der Waals surface area contributed by atoms with Crippen molar-refractivity contribution in [2.45, 2.75) is 111 Å².